The molecular weight excluding hydrogens is 649 g/mol. The molecule has 4 atom stereocenters. The summed E-state index contributed by atoms with van der Waals surface area (Å²) in [6, 6.07) is 0.182. The third kappa shape index (κ3) is 5.31. The quantitative estimate of drug-likeness (QED) is 0.361. The summed E-state index contributed by atoms with van der Waals surface area (Å²) >= 11 is 5.77. The van der Waals surface area contributed by atoms with Crippen LogP contribution in [0, 0.1) is 0 Å². The molecule has 2 N–H and O–H groups in total. The Morgan fingerprint density at radius 2 is 1.83 bits per heavy atom. The van der Waals surface area contributed by atoms with E-state index in [0.29, 0.717) is 24.6 Å². The van der Waals surface area contributed by atoms with Crippen molar-refractivity contribution in [2.24, 2.45) is 0 Å². The van der Waals surface area contributed by atoms with Gasteiger partial charge in [-0.25, -0.2) is 4.39 Å². The van der Waals surface area contributed by atoms with Gasteiger partial charge in [0.1, 0.15) is 35.5 Å². The summed E-state index contributed by atoms with van der Waals surface area (Å²) in [6.45, 7) is -2.51. The molecule has 0 radical (unpaired) electrons. The Hall–Kier alpha value is -3.37. The number of piperazine rings is 1. The number of anilines is 1. The molecule has 0 saturated carbocycles. The second kappa shape index (κ2) is 10.8. The molecule has 248 valence electrons. The predicted octanol–water partition coefficient (Wildman–Crippen LogP) is 5.07. The van der Waals surface area contributed by atoms with E-state index in [1.807, 2.05) is 0 Å². The van der Waals surface area contributed by atoms with Gasteiger partial charge in [0.15, 0.2) is 0 Å². The van der Waals surface area contributed by atoms with Gasteiger partial charge < -0.3 is 20.1 Å². The van der Waals surface area contributed by atoms with Crippen LogP contribution >= 0.6 is 11.6 Å². The number of fused-ring (bicyclic) bond motifs is 4. The van der Waals surface area contributed by atoms with E-state index in [1.54, 1.807) is 4.90 Å². The highest BCUT2D eigenvalue weighted by Crippen LogP contribution is 2.44. The SMILES string of the molecule is [2H]C([2H])(Oc1nc(N2C[C@H]3CC[C@@H](C2)N3)c2cc(C(F)(F)F)n(-c3cc(O)cc(Cl)c3C(F)(F)F)c(=O)c2n1)[C@@]12CCCN1C[C@]([2H])(F)C2. The van der Waals surface area contributed by atoms with Crippen molar-refractivity contribution in [2.45, 2.75) is 68.2 Å². The standard InChI is InChI=1S/C29H28ClF7N6O3/c30-19-6-17(44)7-20(22(19)29(35,36)37)43-21(28(32,33)34)8-18-23(25(43)45)39-26(40-24(18)41-11-15-2-3-16(12-41)38-15)46-13-27-4-1-5-42(27)10-14(31)9-27/h6-8,14-16,38,44H,1-5,9-13H2/t14-,15-,16+,27+/m1/s1/i13D2,14D. The first-order valence-electron chi connectivity index (χ1n) is 16.0. The molecule has 17 heteroatoms. The van der Waals surface area contributed by atoms with Gasteiger partial charge in [0, 0.05) is 44.2 Å². The van der Waals surface area contributed by atoms with Gasteiger partial charge >= 0.3 is 18.4 Å². The first kappa shape index (κ1) is 27.7. The lowest BCUT2D eigenvalue weighted by Gasteiger charge is -2.35. The molecule has 0 spiro atoms. The second-order valence-corrected chi connectivity index (χ2v) is 12.5. The van der Waals surface area contributed by atoms with Crippen LogP contribution in [0.2, 0.25) is 5.02 Å². The number of rotatable bonds is 5. The van der Waals surface area contributed by atoms with E-state index >= 15 is 0 Å². The number of nitrogens with zero attached hydrogens (tertiary/aromatic N) is 5. The maximum Gasteiger partial charge on any atom is 0.431 e. The Labute approximate surface area is 266 Å². The monoisotopic (exact) mass is 679 g/mol. The summed E-state index contributed by atoms with van der Waals surface area (Å²) < 4.78 is 133. The van der Waals surface area contributed by atoms with Gasteiger partial charge in [-0.05, 0) is 44.4 Å². The van der Waals surface area contributed by atoms with Crippen LogP contribution in [0.25, 0.3) is 16.6 Å². The fourth-order valence-electron chi connectivity index (χ4n) is 7.13. The van der Waals surface area contributed by atoms with Crippen LogP contribution in [0.4, 0.5) is 36.6 Å². The molecule has 3 aromatic rings. The van der Waals surface area contributed by atoms with Gasteiger partial charge in [0.25, 0.3) is 5.56 Å². The van der Waals surface area contributed by atoms with Crippen molar-refractivity contribution >= 4 is 28.3 Å². The Morgan fingerprint density at radius 1 is 1.11 bits per heavy atom. The fraction of sp³-hybridized carbons (Fsp3) is 0.552. The number of nitrogens with one attached hydrogen (secondary N) is 1. The Balaban J connectivity index is 1.48. The molecule has 1 aromatic carbocycles. The molecule has 0 unspecified atom stereocenters. The van der Waals surface area contributed by atoms with Crippen LogP contribution < -0.4 is 20.5 Å². The van der Waals surface area contributed by atoms with Crippen molar-refractivity contribution in [1.82, 2.24) is 24.8 Å². The van der Waals surface area contributed by atoms with Crippen LogP contribution in [-0.2, 0) is 12.4 Å². The van der Waals surface area contributed by atoms with Crippen LogP contribution in [-0.4, -0.2) is 81.0 Å². The van der Waals surface area contributed by atoms with E-state index in [9.17, 15) is 40.6 Å². The normalized spacial score (nSPS) is 29.6. The lowest BCUT2D eigenvalue weighted by Crippen LogP contribution is -2.51. The average molecular weight is 680 g/mol. The second-order valence-electron chi connectivity index (χ2n) is 12.1. The molecule has 4 fully saturated rings. The van der Waals surface area contributed by atoms with E-state index in [4.69, 9.17) is 20.5 Å². The fourth-order valence-corrected chi connectivity index (χ4v) is 7.44. The number of alkyl halides is 7. The maximum atomic E-state index is 14.9. The molecule has 4 aliphatic rings. The molecule has 0 amide bonds. The highest BCUT2D eigenvalue weighted by atomic mass is 35.5. The van der Waals surface area contributed by atoms with Gasteiger partial charge in [-0.1, -0.05) is 11.6 Å². The predicted molar refractivity (Wildman–Crippen MR) is 153 cm³/mol. The summed E-state index contributed by atoms with van der Waals surface area (Å²) in [7, 11) is 0. The van der Waals surface area contributed by atoms with E-state index in [2.05, 4.69) is 15.3 Å². The van der Waals surface area contributed by atoms with Gasteiger partial charge in [0.2, 0.25) is 0 Å². The molecule has 0 aliphatic carbocycles. The first-order valence-corrected chi connectivity index (χ1v) is 14.9. The number of halogens is 8. The highest BCUT2D eigenvalue weighted by Gasteiger charge is 2.49. The minimum absolute atomic E-state index is 0.0897. The number of aromatic nitrogens is 3. The Morgan fingerprint density at radius 3 is 2.50 bits per heavy atom. The van der Waals surface area contributed by atoms with E-state index in [0.717, 1.165) is 12.8 Å². The van der Waals surface area contributed by atoms with Crippen molar-refractivity contribution in [3.8, 4) is 17.4 Å². The van der Waals surface area contributed by atoms with E-state index in [1.165, 1.54) is 4.90 Å². The van der Waals surface area contributed by atoms with Crippen LogP contribution in [0.5, 0.6) is 11.8 Å². The Kier molecular flexibility index (Phi) is 6.53. The molecule has 2 aromatic heterocycles. The summed E-state index contributed by atoms with van der Waals surface area (Å²) in [5.74, 6) is -1.21. The number of hydrogen-bond donors (Lipinski definition) is 2. The number of phenols is 1. The van der Waals surface area contributed by atoms with Crippen molar-refractivity contribution < 1.29 is 44.7 Å². The molecule has 2 bridgehead atoms. The molecule has 4 saturated heterocycles. The van der Waals surface area contributed by atoms with Crippen molar-refractivity contribution in [3.05, 3.63) is 44.8 Å². The number of aromatic hydroxyl groups is 1. The van der Waals surface area contributed by atoms with Gasteiger partial charge in [-0.3, -0.25) is 14.3 Å². The Bertz CT molecular complexity index is 1900. The minimum Gasteiger partial charge on any atom is -0.508 e. The molecule has 46 heavy (non-hydrogen) atoms. The lowest BCUT2D eigenvalue weighted by atomic mass is 9.95. The number of phenolic OH excluding ortho intramolecular Hbond substituents is 1. The zero-order chi connectivity index (χ0) is 35.5. The largest absolute Gasteiger partial charge is 0.508 e. The van der Waals surface area contributed by atoms with E-state index < -0.39 is 93.8 Å². The van der Waals surface area contributed by atoms with Gasteiger partial charge in [0.05, 0.1) is 31.3 Å². The summed E-state index contributed by atoms with van der Waals surface area (Å²) in [4.78, 5) is 25.4. The number of pyridine rings is 1. The topological polar surface area (TPSA) is 95.8 Å². The molecule has 7 rings (SSSR count). The summed E-state index contributed by atoms with van der Waals surface area (Å²) in [5.41, 5.74) is -9.28. The smallest absolute Gasteiger partial charge is 0.431 e. The van der Waals surface area contributed by atoms with Crippen molar-refractivity contribution in [1.29, 1.82) is 0 Å². The van der Waals surface area contributed by atoms with Gasteiger partial charge in [-0.2, -0.15) is 36.3 Å². The maximum absolute atomic E-state index is 14.9. The zero-order valence-corrected chi connectivity index (χ0v) is 24.5. The average Bonchev–Trinajstić information content (AvgIpc) is 3.60. The third-order valence-electron chi connectivity index (χ3n) is 9.02. The lowest BCUT2D eigenvalue weighted by molar-refractivity contribution is -0.144. The summed E-state index contributed by atoms with van der Waals surface area (Å²) in [6.07, 6.45) is -11.9. The van der Waals surface area contributed by atoms with Crippen molar-refractivity contribution in [2.75, 3.05) is 37.6 Å². The molecule has 9 nitrogen and oxygen atoms in total. The number of hydrogen-bond acceptors (Lipinski definition) is 8. The van der Waals surface area contributed by atoms with Gasteiger partial charge in [-0.15, -0.1) is 0 Å². The third-order valence-corrected chi connectivity index (χ3v) is 9.32. The number of ether oxygens (including phenoxy) is 1. The molecule has 6 heterocycles. The minimum atomic E-state index is -5.43. The van der Waals surface area contributed by atoms with Crippen molar-refractivity contribution in [3.63, 3.8) is 0 Å². The zero-order valence-electron chi connectivity index (χ0n) is 26.8. The number of benzene rings is 1. The van der Waals surface area contributed by atoms with Crippen LogP contribution in [0.3, 0.4) is 0 Å². The van der Waals surface area contributed by atoms with E-state index in [-0.39, 0.29) is 48.5 Å². The highest BCUT2D eigenvalue weighted by molar-refractivity contribution is 6.31. The van der Waals surface area contributed by atoms with Crippen LogP contribution in [0.1, 0.15) is 47.5 Å². The molecular formula is C29H28ClF7N6O3. The first-order chi connectivity index (χ1) is 22.7. The van der Waals surface area contributed by atoms with Crippen LogP contribution in [0.15, 0.2) is 23.0 Å². The molecule has 4 aliphatic heterocycles. The summed E-state index contributed by atoms with van der Waals surface area (Å²) in [5, 5.41) is 11.8.